The molecule has 2 heterocycles. The molecule has 1 atom stereocenters. The summed E-state index contributed by atoms with van der Waals surface area (Å²) in [5.41, 5.74) is -0.103. The van der Waals surface area contributed by atoms with Crippen LogP contribution in [-0.2, 0) is 14.8 Å². The molecule has 0 aliphatic carbocycles. The van der Waals surface area contributed by atoms with Gasteiger partial charge in [-0.05, 0) is 62.4 Å². The maximum atomic E-state index is 12.8. The van der Waals surface area contributed by atoms with E-state index < -0.39 is 34.3 Å². The Morgan fingerprint density at radius 2 is 1.70 bits per heavy atom. The highest BCUT2D eigenvalue weighted by molar-refractivity contribution is 7.92. The molecule has 0 aliphatic rings. The van der Waals surface area contributed by atoms with E-state index in [1.165, 1.54) is 19.9 Å². The molecule has 0 saturated carbocycles. The topological polar surface area (TPSA) is 168 Å². The summed E-state index contributed by atoms with van der Waals surface area (Å²) in [4.78, 5) is 26.9. The first-order chi connectivity index (χ1) is 21.5. The van der Waals surface area contributed by atoms with Crippen LogP contribution in [0.15, 0.2) is 63.8 Å². The van der Waals surface area contributed by atoms with Gasteiger partial charge in [-0.3, -0.25) is 4.72 Å². The SMILES string of the molecule is CC(Oc1ccc(Oc2nc3ccc(Cl)cc3o2)cc1)C(=O)O.Cc1nn(-c2cc(NS(C)(=O)=O)c(Cl)cc2Cl)c(=O)n1C(F)F. The van der Waals surface area contributed by atoms with Crippen molar-refractivity contribution in [1.82, 2.24) is 19.3 Å². The first-order valence-electron chi connectivity index (χ1n) is 12.7. The number of nitrogens with zero attached hydrogens (tertiary/aromatic N) is 4. The number of hydrogen-bond acceptors (Lipinski definition) is 9. The molecular formula is C27H22Cl3F2N5O8S. The minimum atomic E-state index is -3.65. The third kappa shape index (κ3) is 8.45. The lowest BCUT2D eigenvalue weighted by atomic mass is 10.3. The van der Waals surface area contributed by atoms with Gasteiger partial charge in [0.25, 0.3) is 0 Å². The molecule has 19 heteroatoms. The summed E-state index contributed by atoms with van der Waals surface area (Å²) in [6.07, 6.45) is 0.0674. The van der Waals surface area contributed by atoms with Crippen LogP contribution in [0.2, 0.25) is 15.1 Å². The third-order valence-electron chi connectivity index (χ3n) is 5.76. The van der Waals surface area contributed by atoms with Gasteiger partial charge in [0.15, 0.2) is 11.7 Å². The third-order valence-corrected chi connectivity index (χ3v) is 7.20. The highest BCUT2D eigenvalue weighted by Crippen LogP contribution is 2.32. The van der Waals surface area contributed by atoms with Crippen molar-refractivity contribution in [3.8, 4) is 23.3 Å². The zero-order valence-electron chi connectivity index (χ0n) is 23.7. The van der Waals surface area contributed by atoms with E-state index in [1.54, 1.807) is 42.5 Å². The number of benzene rings is 3. The quantitative estimate of drug-likeness (QED) is 0.171. The molecular weight excluding hydrogens is 699 g/mol. The number of sulfonamides is 1. The first kappa shape index (κ1) is 34.5. The minimum Gasteiger partial charge on any atom is -0.479 e. The van der Waals surface area contributed by atoms with E-state index in [4.69, 9.17) is 53.8 Å². The van der Waals surface area contributed by atoms with E-state index in [0.29, 0.717) is 32.3 Å². The largest absolute Gasteiger partial charge is 0.479 e. The van der Waals surface area contributed by atoms with Gasteiger partial charge in [0.2, 0.25) is 10.0 Å². The Balaban J connectivity index is 0.000000209. The molecule has 46 heavy (non-hydrogen) atoms. The maximum Gasteiger partial charge on any atom is 0.400 e. The maximum absolute atomic E-state index is 12.8. The van der Waals surface area contributed by atoms with Crippen molar-refractivity contribution in [2.75, 3.05) is 11.0 Å². The van der Waals surface area contributed by atoms with Crippen LogP contribution in [0.3, 0.4) is 0 Å². The fourth-order valence-corrected chi connectivity index (χ4v) is 5.00. The van der Waals surface area contributed by atoms with Gasteiger partial charge in [0.1, 0.15) is 22.8 Å². The Morgan fingerprint density at radius 3 is 2.28 bits per heavy atom. The van der Waals surface area contributed by atoms with E-state index >= 15 is 0 Å². The summed E-state index contributed by atoms with van der Waals surface area (Å²) >= 11 is 17.7. The molecule has 5 rings (SSSR count). The van der Waals surface area contributed by atoms with E-state index in [-0.39, 0.29) is 37.9 Å². The number of carboxylic acid groups (broad SMARTS) is 1. The number of carboxylic acids is 1. The number of aliphatic carboxylic acids is 1. The van der Waals surface area contributed by atoms with E-state index in [1.807, 2.05) is 0 Å². The zero-order chi connectivity index (χ0) is 33.9. The molecule has 3 aromatic carbocycles. The van der Waals surface area contributed by atoms with Crippen molar-refractivity contribution < 1.29 is 41.0 Å². The predicted octanol–water partition coefficient (Wildman–Crippen LogP) is 6.54. The highest BCUT2D eigenvalue weighted by atomic mass is 35.5. The van der Waals surface area contributed by atoms with E-state index in [2.05, 4.69) is 14.8 Å². The zero-order valence-corrected chi connectivity index (χ0v) is 26.8. The molecule has 0 radical (unpaired) electrons. The number of alkyl halides is 2. The lowest BCUT2D eigenvalue weighted by Crippen LogP contribution is -2.25. The van der Waals surface area contributed by atoms with E-state index in [0.717, 1.165) is 12.3 Å². The van der Waals surface area contributed by atoms with Crippen LogP contribution in [0.4, 0.5) is 14.5 Å². The molecule has 2 N–H and O–H groups in total. The second kappa shape index (κ2) is 13.9. The fourth-order valence-electron chi connectivity index (χ4n) is 3.70. The number of rotatable bonds is 9. The molecule has 244 valence electrons. The Labute approximate surface area is 273 Å². The number of halogens is 5. The second-order valence-corrected chi connectivity index (χ2v) is 12.3. The highest BCUT2D eigenvalue weighted by Gasteiger charge is 2.21. The number of nitrogens with one attached hydrogen (secondary N) is 1. The van der Waals surface area contributed by atoms with E-state index in [9.17, 15) is 26.8 Å². The average Bonchev–Trinajstić information content (AvgIpc) is 3.49. The summed E-state index contributed by atoms with van der Waals surface area (Å²) < 4.78 is 67.5. The molecule has 0 spiro atoms. The van der Waals surface area contributed by atoms with Crippen molar-refractivity contribution in [2.45, 2.75) is 26.5 Å². The van der Waals surface area contributed by atoms with Gasteiger partial charge < -0.3 is 19.0 Å². The second-order valence-electron chi connectivity index (χ2n) is 9.31. The number of fused-ring (bicyclic) bond motifs is 1. The first-order valence-corrected chi connectivity index (χ1v) is 15.7. The van der Waals surface area contributed by atoms with Gasteiger partial charge >= 0.3 is 24.3 Å². The minimum absolute atomic E-state index is 0.0257. The standard InChI is InChI=1S/C16H12ClNO5.C11H10Cl2F2N4O3S/c1-9(15(19)20)21-11-3-5-12(6-4-11)22-16-18-13-7-2-10(17)8-14(13)23-16;1-5-16-19(11(20)18(5)10(14)15)9-4-8(17-23(2,21)22)6(12)3-7(9)13/h2-9H,1H3,(H,19,20);3-4,10,17H,1-2H3. The van der Waals surface area contributed by atoms with Gasteiger partial charge in [-0.2, -0.15) is 18.4 Å². The van der Waals surface area contributed by atoms with Crippen LogP contribution in [0.25, 0.3) is 16.8 Å². The number of oxazole rings is 1. The Kier molecular flexibility index (Phi) is 10.5. The smallest absolute Gasteiger partial charge is 0.400 e. The number of hydrogen-bond donors (Lipinski definition) is 2. The van der Waals surface area contributed by atoms with Crippen LogP contribution in [-0.4, -0.2) is 51.2 Å². The molecule has 13 nitrogen and oxygen atoms in total. The van der Waals surface area contributed by atoms with Crippen molar-refractivity contribution in [2.24, 2.45) is 0 Å². The Bertz CT molecular complexity index is 2070. The van der Waals surface area contributed by atoms with Crippen LogP contribution < -0.4 is 19.9 Å². The summed E-state index contributed by atoms with van der Waals surface area (Å²) in [6.45, 7) is -0.393. The molecule has 1 unspecified atom stereocenters. The van der Waals surface area contributed by atoms with Crippen molar-refractivity contribution in [3.05, 3.63) is 86.0 Å². The molecule has 0 bridgehead atoms. The lowest BCUT2D eigenvalue weighted by molar-refractivity contribution is -0.144. The van der Waals surface area contributed by atoms with Crippen LogP contribution in [0.1, 0.15) is 19.3 Å². The van der Waals surface area contributed by atoms with Crippen molar-refractivity contribution >= 4 is 67.6 Å². The molecule has 2 aromatic heterocycles. The molecule has 0 fully saturated rings. The van der Waals surface area contributed by atoms with Crippen molar-refractivity contribution in [3.63, 3.8) is 0 Å². The average molecular weight is 721 g/mol. The van der Waals surface area contributed by atoms with Gasteiger partial charge in [0.05, 0.1) is 27.7 Å². The fraction of sp³-hybridized carbons (Fsp3) is 0.185. The summed E-state index contributed by atoms with van der Waals surface area (Å²) in [6, 6.07) is 13.9. The monoisotopic (exact) mass is 719 g/mol. The molecule has 0 aliphatic heterocycles. The number of ether oxygens (including phenoxy) is 2. The number of anilines is 1. The normalized spacial score (nSPS) is 12.0. The Hall–Kier alpha value is -4.38. The number of aromatic nitrogens is 4. The van der Waals surface area contributed by atoms with Gasteiger partial charge in [-0.15, -0.1) is 5.10 Å². The summed E-state index contributed by atoms with van der Waals surface area (Å²) in [7, 11) is -3.65. The van der Waals surface area contributed by atoms with Gasteiger partial charge in [-0.25, -0.2) is 22.6 Å². The lowest BCUT2D eigenvalue weighted by Gasteiger charge is -2.10. The predicted molar refractivity (Wildman–Crippen MR) is 166 cm³/mol. The Morgan fingerprint density at radius 1 is 1.04 bits per heavy atom. The van der Waals surface area contributed by atoms with Crippen molar-refractivity contribution in [1.29, 1.82) is 0 Å². The summed E-state index contributed by atoms with van der Waals surface area (Å²) in [5.74, 6) is -0.348. The van der Waals surface area contributed by atoms with Gasteiger partial charge in [0, 0.05) is 11.1 Å². The molecule has 0 amide bonds. The van der Waals surface area contributed by atoms with Crippen LogP contribution in [0.5, 0.6) is 17.6 Å². The number of aryl methyl sites for hydroxylation is 1. The van der Waals surface area contributed by atoms with Gasteiger partial charge in [-0.1, -0.05) is 34.8 Å². The molecule has 0 saturated heterocycles. The summed E-state index contributed by atoms with van der Waals surface area (Å²) in [5, 5.41) is 13.0. The van der Waals surface area contributed by atoms with Crippen LogP contribution in [0, 0.1) is 6.92 Å². The van der Waals surface area contributed by atoms with Crippen LogP contribution >= 0.6 is 34.8 Å². The molecule has 5 aromatic rings. The number of carbonyl (C=O) groups is 1.